The van der Waals surface area contributed by atoms with Crippen LogP contribution in [-0.4, -0.2) is 41.5 Å². The van der Waals surface area contributed by atoms with Gasteiger partial charge in [0, 0.05) is 37.3 Å². The highest BCUT2D eigenvalue weighted by Crippen LogP contribution is 2.26. The zero-order valence-electron chi connectivity index (χ0n) is 11.3. The Labute approximate surface area is 113 Å². The van der Waals surface area contributed by atoms with Crippen LogP contribution in [0.4, 0.5) is 8.78 Å². The van der Waals surface area contributed by atoms with Crippen LogP contribution in [0.25, 0.3) is 0 Å². The lowest BCUT2D eigenvalue weighted by atomic mass is 10.1. The van der Waals surface area contributed by atoms with E-state index in [-0.39, 0.29) is 11.6 Å². The van der Waals surface area contributed by atoms with E-state index in [9.17, 15) is 8.78 Å². The maximum Gasteiger partial charge on any atom is 0.127 e. The number of halogens is 2. The second-order valence-electron chi connectivity index (χ2n) is 5.81. The summed E-state index contributed by atoms with van der Waals surface area (Å²) in [6.07, 6.45) is 2.49. The van der Waals surface area contributed by atoms with Crippen molar-refractivity contribution in [3.8, 4) is 0 Å². The van der Waals surface area contributed by atoms with Crippen LogP contribution < -0.4 is 0 Å². The lowest BCUT2D eigenvalue weighted by Crippen LogP contribution is -2.54. The summed E-state index contributed by atoms with van der Waals surface area (Å²) in [5.74, 6) is -0.661. The minimum atomic E-state index is -0.358. The molecule has 19 heavy (non-hydrogen) atoms. The maximum atomic E-state index is 13.7. The molecule has 1 aromatic rings. The third kappa shape index (κ3) is 2.65. The molecule has 0 aromatic heterocycles. The van der Waals surface area contributed by atoms with Crippen LogP contribution in [0, 0.1) is 11.6 Å². The largest absolute Gasteiger partial charge is 0.298 e. The molecule has 0 spiro atoms. The monoisotopic (exact) mass is 266 g/mol. The third-order valence-electron chi connectivity index (χ3n) is 4.45. The van der Waals surface area contributed by atoms with E-state index in [2.05, 4.69) is 16.7 Å². The standard InChI is InChI=1S/C15H20F2N2/c1-11-8-18-6-2-3-14(18)10-19(11)9-12-7-13(16)4-5-15(12)17/h4-5,7,11,14H,2-3,6,8-10H2,1H3/t11-,14+/m0/s1. The smallest absolute Gasteiger partial charge is 0.127 e. The number of nitrogens with zero attached hydrogens (tertiary/aromatic N) is 2. The number of piperazine rings is 1. The number of hydrogen-bond acceptors (Lipinski definition) is 2. The van der Waals surface area contributed by atoms with E-state index in [4.69, 9.17) is 0 Å². The molecule has 0 radical (unpaired) electrons. The van der Waals surface area contributed by atoms with Crippen LogP contribution in [0.1, 0.15) is 25.3 Å². The normalized spacial score (nSPS) is 28.6. The Morgan fingerprint density at radius 3 is 2.95 bits per heavy atom. The van der Waals surface area contributed by atoms with Crippen molar-refractivity contribution in [1.29, 1.82) is 0 Å². The number of rotatable bonds is 2. The van der Waals surface area contributed by atoms with Crippen LogP contribution in [-0.2, 0) is 6.54 Å². The van der Waals surface area contributed by atoms with Crippen molar-refractivity contribution in [3.63, 3.8) is 0 Å². The molecule has 2 fully saturated rings. The van der Waals surface area contributed by atoms with Crippen molar-refractivity contribution in [3.05, 3.63) is 35.4 Å². The fourth-order valence-corrected chi connectivity index (χ4v) is 3.35. The summed E-state index contributed by atoms with van der Waals surface area (Å²) in [6.45, 7) is 5.89. The van der Waals surface area contributed by atoms with Gasteiger partial charge in [-0.25, -0.2) is 8.78 Å². The summed E-state index contributed by atoms with van der Waals surface area (Å²) in [6, 6.07) is 4.73. The molecular weight excluding hydrogens is 246 g/mol. The van der Waals surface area contributed by atoms with Crippen LogP contribution >= 0.6 is 0 Å². The highest BCUT2D eigenvalue weighted by Gasteiger charge is 2.34. The molecule has 0 aliphatic carbocycles. The van der Waals surface area contributed by atoms with Crippen LogP contribution in [0.5, 0.6) is 0 Å². The van der Waals surface area contributed by atoms with Gasteiger partial charge in [0.25, 0.3) is 0 Å². The lowest BCUT2D eigenvalue weighted by Gasteiger charge is -2.42. The molecule has 2 nitrogen and oxygen atoms in total. The highest BCUT2D eigenvalue weighted by atomic mass is 19.1. The fourth-order valence-electron chi connectivity index (χ4n) is 3.35. The Morgan fingerprint density at radius 1 is 1.26 bits per heavy atom. The minimum Gasteiger partial charge on any atom is -0.298 e. The molecule has 3 rings (SSSR count). The van der Waals surface area contributed by atoms with E-state index >= 15 is 0 Å². The summed E-state index contributed by atoms with van der Waals surface area (Å²) in [7, 11) is 0. The first-order valence-corrected chi connectivity index (χ1v) is 7.05. The quantitative estimate of drug-likeness (QED) is 0.812. The predicted octanol–water partition coefficient (Wildman–Crippen LogP) is 2.63. The van der Waals surface area contributed by atoms with Crippen molar-refractivity contribution in [2.24, 2.45) is 0 Å². The average Bonchev–Trinajstić information content (AvgIpc) is 2.81. The Hall–Kier alpha value is -1.00. The third-order valence-corrected chi connectivity index (χ3v) is 4.45. The summed E-state index contributed by atoms with van der Waals surface area (Å²) in [5, 5.41) is 0. The van der Waals surface area contributed by atoms with Gasteiger partial charge in [0.05, 0.1) is 0 Å². The van der Waals surface area contributed by atoms with Gasteiger partial charge in [-0.2, -0.15) is 0 Å². The summed E-state index contributed by atoms with van der Waals surface area (Å²) >= 11 is 0. The predicted molar refractivity (Wildman–Crippen MR) is 70.8 cm³/mol. The number of benzene rings is 1. The Kier molecular flexibility index (Phi) is 3.54. The SMILES string of the molecule is C[C@H]1CN2CCC[C@@H]2CN1Cc1cc(F)ccc1F. The van der Waals surface area contributed by atoms with Gasteiger partial charge in [0.1, 0.15) is 11.6 Å². The second-order valence-corrected chi connectivity index (χ2v) is 5.81. The van der Waals surface area contributed by atoms with Crippen molar-refractivity contribution < 1.29 is 8.78 Å². The molecule has 2 aliphatic heterocycles. The number of fused-ring (bicyclic) bond motifs is 1. The summed E-state index contributed by atoms with van der Waals surface area (Å²) < 4.78 is 26.9. The van der Waals surface area contributed by atoms with Crippen molar-refractivity contribution >= 4 is 0 Å². The zero-order chi connectivity index (χ0) is 13.4. The minimum absolute atomic E-state index is 0.303. The first kappa shape index (κ1) is 13.0. The summed E-state index contributed by atoms with van der Waals surface area (Å²) in [4.78, 5) is 4.81. The molecule has 0 bridgehead atoms. The van der Waals surface area contributed by atoms with Gasteiger partial charge in [-0.05, 0) is 44.5 Å². The van der Waals surface area contributed by atoms with Crippen LogP contribution in [0.2, 0.25) is 0 Å². The van der Waals surface area contributed by atoms with Gasteiger partial charge >= 0.3 is 0 Å². The molecule has 2 aliphatic rings. The van der Waals surface area contributed by atoms with Crippen molar-refractivity contribution in [2.45, 2.75) is 38.4 Å². The number of hydrogen-bond donors (Lipinski definition) is 0. The van der Waals surface area contributed by atoms with Gasteiger partial charge < -0.3 is 0 Å². The van der Waals surface area contributed by atoms with E-state index in [0.29, 0.717) is 24.2 Å². The van der Waals surface area contributed by atoms with E-state index in [1.165, 1.54) is 37.6 Å². The van der Waals surface area contributed by atoms with Crippen molar-refractivity contribution in [1.82, 2.24) is 9.80 Å². The van der Waals surface area contributed by atoms with E-state index in [0.717, 1.165) is 13.1 Å². The van der Waals surface area contributed by atoms with Gasteiger partial charge in [0.15, 0.2) is 0 Å². The Morgan fingerprint density at radius 2 is 2.11 bits per heavy atom. The molecule has 1 aromatic carbocycles. The first-order valence-electron chi connectivity index (χ1n) is 7.05. The van der Waals surface area contributed by atoms with Gasteiger partial charge in [-0.1, -0.05) is 0 Å². The van der Waals surface area contributed by atoms with Gasteiger partial charge in [0.2, 0.25) is 0 Å². The zero-order valence-corrected chi connectivity index (χ0v) is 11.3. The van der Waals surface area contributed by atoms with Crippen LogP contribution in [0.15, 0.2) is 18.2 Å². The molecule has 0 N–H and O–H groups in total. The van der Waals surface area contributed by atoms with E-state index < -0.39 is 0 Å². The molecule has 2 heterocycles. The van der Waals surface area contributed by atoms with Crippen LogP contribution in [0.3, 0.4) is 0 Å². The van der Waals surface area contributed by atoms with Crippen molar-refractivity contribution in [2.75, 3.05) is 19.6 Å². The highest BCUT2D eigenvalue weighted by molar-refractivity contribution is 5.19. The average molecular weight is 266 g/mol. The first-order chi connectivity index (χ1) is 9.13. The Balaban J connectivity index is 1.73. The van der Waals surface area contributed by atoms with Gasteiger partial charge in [-0.15, -0.1) is 0 Å². The molecule has 0 saturated carbocycles. The molecule has 4 heteroatoms. The van der Waals surface area contributed by atoms with Gasteiger partial charge in [-0.3, -0.25) is 9.80 Å². The molecule has 0 unspecified atom stereocenters. The lowest BCUT2D eigenvalue weighted by molar-refractivity contribution is 0.0532. The second kappa shape index (κ2) is 5.17. The molecule has 0 amide bonds. The Bertz CT molecular complexity index is 463. The maximum absolute atomic E-state index is 13.7. The molecule has 2 atom stereocenters. The molecular formula is C15H20F2N2. The molecule has 2 saturated heterocycles. The van der Waals surface area contributed by atoms with E-state index in [1.54, 1.807) is 0 Å². The topological polar surface area (TPSA) is 6.48 Å². The van der Waals surface area contributed by atoms with E-state index in [1.807, 2.05) is 0 Å². The molecule has 104 valence electrons. The fraction of sp³-hybridized carbons (Fsp3) is 0.600. The summed E-state index contributed by atoms with van der Waals surface area (Å²) in [5.41, 5.74) is 0.471.